The highest BCUT2D eigenvalue weighted by Crippen LogP contribution is 2.25. The molecule has 0 spiro atoms. The standard InChI is InChI=1S/C18H22N4O2S/c1-5-14-11-22(25(23,24)15-8-6-13(4)7-9-15)18-17(14)21-16(10-19-18)20-12(2)3/h6-12H,5H2,1-4H3,(H,20,21). The van der Waals surface area contributed by atoms with Gasteiger partial charge in [0.25, 0.3) is 10.0 Å². The summed E-state index contributed by atoms with van der Waals surface area (Å²) in [6.45, 7) is 7.92. The Morgan fingerprint density at radius 3 is 2.48 bits per heavy atom. The summed E-state index contributed by atoms with van der Waals surface area (Å²) in [5.41, 5.74) is 2.83. The summed E-state index contributed by atoms with van der Waals surface area (Å²) in [4.78, 5) is 9.18. The highest BCUT2D eigenvalue weighted by Gasteiger charge is 2.22. The summed E-state index contributed by atoms with van der Waals surface area (Å²) in [7, 11) is -3.71. The van der Waals surface area contributed by atoms with Crippen molar-refractivity contribution in [3.63, 3.8) is 0 Å². The van der Waals surface area contributed by atoms with Gasteiger partial charge in [-0.1, -0.05) is 24.6 Å². The lowest BCUT2D eigenvalue weighted by molar-refractivity contribution is 0.588. The van der Waals surface area contributed by atoms with Gasteiger partial charge in [-0.2, -0.15) is 0 Å². The van der Waals surface area contributed by atoms with E-state index in [0.717, 1.165) is 11.1 Å². The van der Waals surface area contributed by atoms with Crippen LogP contribution in [-0.2, 0) is 16.4 Å². The molecule has 0 unspecified atom stereocenters. The third kappa shape index (κ3) is 3.24. The Morgan fingerprint density at radius 1 is 1.20 bits per heavy atom. The molecule has 2 aromatic heterocycles. The van der Waals surface area contributed by atoms with E-state index in [0.29, 0.717) is 23.4 Å². The predicted molar refractivity (Wildman–Crippen MR) is 99.4 cm³/mol. The molecular weight excluding hydrogens is 336 g/mol. The molecule has 0 saturated heterocycles. The number of hydrogen-bond acceptors (Lipinski definition) is 5. The average Bonchev–Trinajstić information content (AvgIpc) is 2.93. The van der Waals surface area contributed by atoms with Crippen LogP contribution in [0.2, 0.25) is 0 Å². The van der Waals surface area contributed by atoms with E-state index in [1.54, 1.807) is 36.7 Å². The Bertz CT molecular complexity index is 1010. The minimum Gasteiger partial charge on any atom is -0.367 e. The maximum Gasteiger partial charge on any atom is 0.269 e. The smallest absolute Gasteiger partial charge is 0.269 e. The summed E-state index contributed by atoms with van der Waals surface area (Å²) in [6, 6.07) is 7.02. The average molecular weight is 358 g/mol. The molecule has 0 aliphatic carbocycles. The second-order valence-corrected chi connectivity index (χ2v) is 8.16. The van der Waals surface area contributed by atoms with Crippen LogP contribution in [0.1, 0.15) is 31.9 Å². The van der Waals surface area contributed by atoms with Gasteiger partial charge in [-0.05, 0) is 44.9 Å². The molecule has 0 aliphatic heterocycles. The Labute approximate surface area is 148 Å². The normalized spacial score (nSPS) is 12.0. The van der Waals surface area contributed by atoms with Crippen LogP contribution in [0, 0.1) is 6.92 Å². The molecule has 3 rings (SSSR count). The Morgan fingerprint density at radius 2 is 1.88 bits per heavy atom. The maximum atomic E-state index is 13.0. The molecule has 0 atom stereocenters. The number of aromatic nitrogens is 3. The summed E-state index contributed by atoms with van der Waals surface area (Å²) in [6.07, 6.45) is 3.87. The van der Waals surface area contributed by atoms with Gasteiger partial charge in [0.05, 0.1) is 11.1 Å². The fourth-order valence-corrected chi connectivity index (χ4v) is 3.99. The summed E-state index contributed by atoms with van der Waals surface area (Å²) >= 11 is 0. The number of nitrogens with one attached hydrogen (secondary N) is 1. The van der Waals surface area contributed by atoms with Gasteiger partial charge in [0, 0.05) is 12.2 Å². The van der Waals surface area contributed by atoms with Crippen LogP contribution in [0.25, 0.3) is 11.2 Å². The van der Waals surface area contributed by atoms with Gasteiger partial charge >= 0.3 is 0 Å². The fraction of sp³-hybridized carbons (Fsp3) is 0.333. The number of anilines is 1. The first kappa shape index (κ1) is 17.4. The van der Waals surface area contributed by atoms with Crippen molar-refractivity contribution in [1.82, 2.24) is 13.9 Å². The van der Waals surface area contributed by atoms with Crippen LogP contribution in [0.15, 0.2) is 41.6 Å². The Hall–Kier alpha value is -2.41. The number of fused-ring (bicyclic) bond motifs is 1. The molecule has 0 fully saturated rings. The van der Waals surface area contributed by atoms with Gasteiger partial charge in [-0.3, -0.25) is 0 Å². The predicted octanol–water partition coefficient (Wildman–Crippen LogP) is 3.36. The molecule has 0 radical (unpaired) electrons. The highest BCUT2D eigenvalue weighted by molar-refractivity contribution is 7.90. The van der Waals surface area contributed by atoms with Crippen LogP contribution in [0.5, 0.6) is 0 Å². The first-order valence-electron chi connectivity index (χ1n) is 8.28. The molecule has 1 N–H and O–H groups in total. The van der Waals surface area contributed by atoms with Crippen molar-refractivity contribution >= 4 is 27.0 Å². The molecule has 6 nitrogen and oxygen atoms in total. The summed E-state index contributed by atoms with van der Waals surface area (Å²) in [5.74, 6) is 0.641. The summed E-state index contributed by atoms with van der Waals surface area (Å²) in [5, 5.41) is 3.20. The SMILES string of the molecule is CCc1cn(S(=O)(=O)c2ccc(C)cc2)c2ncc(NC(C)C)nc12. The van der Waals surface area contributed by atoms with E-state index in [9.17, 15) is 8.42 Å². The van der Waals surface area contributed by atoms with Crippen molar-refractivity contribution < 1.29 is 8.42 Å². The lowest BCUT2D eigenvalue weighted by Gasteiger charge is -2.09. The maximum absolute atomic E-state index is 13.0. The topological polar surface area (TPSA) is 76.9 Å². The Balaban J connectivity index is 2.18. The highest BCUT2D eigenvalue weighted by atomic mass is 32.2. The lowest BCUT2D eigenvalue weighted by atomic mass is 10.2. The number of aryl methyl sites for hydroxylation is 2. The van der Waals surface area contributed by atoms with Gasteiger partial charge in [0.1, 0.15) is 11.3 Å². The Kier molecular flexibility index (Phi) is 4.51. The zero-order chi connectivity index (χ0) is 18.2. The van der Waals surface area contributed by atoms with Crippen molar-refractivity contribution in [2.24, 2.45) is 0 Å². The van der Waals surface area contributed by atoms with E-state index in [1.165, 1.54) is 3.97 Å². The molecular formula is C18H22N4O2S. The summed E-state index contributed by atoms with van der Waals surface area (Å²) < 4.78 is 27.3. The molecule has 0 saturated carbocycles. The van der Waals surface area contributed by atoms with Crippen LogP contribution < -0.4 is 5.32 Å². The fourth-order valence-electron chi connectivity index (χ4n) is 2.65. The van der Waals surface area contributed by atoms with Crippen LogP contribution in [-0.4, -0.2) is 28.4 Å². The van der Waals surface area contributed by atoms with Crippen molar-refractivity contribution in [1.29, 1.82) is 0 Å². The van der Waals surface area contributed by atoms with Crippen LogP contribution in [0.4, 0.5) is 5.82 Å². The van der Waals surface area contributed by atoms with E-state index in [-0.39, 0.29) is 10.9 Å². The molecule has 1 aromatic carbocycles. The number of nitrogens with zero attached hydrogens (tertiary/aromatic N) is 3. The van der Waals surface area contributed by atoms with Crippen LogP contribution in [0.3, 0.4) is 0 Å². The molecule has 132 valence electrons. The number of rotatable bonds is 5. The number of hydrogen-bond donors (Lipinski definition) is 1. The first-order valence-corrected chi connectivity index (χ1v) is 9.72. The van der Waals surface area contributed by atoms with Crippen molar-refractivity contribution in [3.8, 4) is 0 Å². The van der Waals surface area contributed by atoms with E-state index >= 15 is 0 Å². The van der Waals surface area contributed by atoms with Crippen molar-refractivity contribution in [2.75, 3.05) is 5.32 Å². The molecule has 0 bridgehead atoms. The monoisotopic (exact) mass is 358 g/mol. The van der Waals surface area contributed by atoms with Gasteiger partial charge < -0.3 is 5.32 Å². The third-order valence-electron chi connectivity index (χ3n) is 3.93. The lowest BCUT2D eigenvalue weighted by Crippen LogP contribution is -2.14. The zero-order valence-electron chi connectivity index (χ0n) is 14.8. The molecule has 7 heteroatoms. The van der Waals surface area contributed by atoms with Crippen molar-refractivity contribution in [2.45, 2.75) is 45.1 Å². The second kappa shape index (κ2) is 6.48. The molecule has 0 aliphatic rings. The molecule has 3 aromatic rings. The van der Waals surface area contributed by atoms with E-state index in [2.05, 4.69) is 15.3 Å². The van der Waals surface area contributed by atoms with Crippen LogP contribution >= 0.6 is 0 Å². The zero-order valence-corrected chi connectivity index (χ0v) is 15.6. The minimum atomic E-state index is -3.71. The van der Waals surface area contributed by atoms with E-state index < -0.39 is 10.0 Å². The van der Waals surface area contributed by atoms with Gasteiger partial charge in [-0.25, -0.2) is 22.4 Å². The number of benzene rings is 1. The quantitative estimate of drug-likeness (QED) is 0.757. The van der Waals surface area contributed by atoms with Gasteiger partial charge in [0.2, 0.25) is 0 Å². The van der Waals surface area contributed by atoms with E-state index in [1.807, 2.05) is 27.7 Å². The van der Waals surface area contributed by atoms with E-state index in [4.69, 9.17) is 0 Å². The second-order valence-electron chi connectivity index (χ2n) is 6.35. The largest absolute Gasteiger partial charge is 0.367 e. The van der Waals surface area contributed by atoms with Crippen molar-refractivity contribution in [3.05, 3.63) is 47.8 Å². The minimum absolute atomic E-state index is 0.218. The molecule has 25 heavy (non-hydrogen) atoms. The first-order chi connectivity index (χ1) is 11.8. The van der Waals surface area contributed by atoms with Gasteiger partial charge in [-0.15, -0.1) is 0 Å². The van der Waals surface area contributed by atoms with Gasteiger partial charge in [0.15, 0.2) is 5.65 Å². The molecule has 0 amide bonds. The molecule has 2 heterocycles. The third-order valence-corrected chi connectivity index (χ3v) is 5.60.